The van der Waals surface area contributed by atoms with Crippen molar-refractivity contribution in [2.75, 3.05) is 0 Å². The highest BCUT2D eigenvalue weighted by atomic mass is 16.5. The van der Waals surface area contributed by atoms with E-state index in [4.69, 9.17) is 4.74 Å². The molecule has 1 aliphatic rings. The molecule has 4 heteroatoms. The van der Waals surface area contributed by atoms with Crippen LogP contribution in [0.5, 0.6) is 0 Å². The molecule has 0 radical (unpaired) electrons. The molecule has 1 aromatic rings. The van der Waals surface area contributed by atoms with E-state index in [1.807, 2.05) is 30.3 Å². The van der Waals surface area contributed by atoms with E-state index in [1.165, 1.54) is 0 Å². The van der Waals surface area contributed by atoms with E-state index in [9.17, 15) is 15.3 Å². The van der Waals surface area contributed by atoms with E-state index in [2.05, 4.69) is 0 Å². The Balaban J connectivity index is 1.91. The lowest BCUT2D eigenvalue weighted by molar-refractivity contribution is -0.0889. The average Bonchev–Trinajstić information content (AvgIpc) is 2.53. The molecule has 0 amide bonds. The maximum absolute atomic E-state index is 9.57. The maximum Gasteiger partial charge on any atom is 0.112 e. The maximum atomic E-state index is 9.57. The smallest absolute Gasteiger partial charge is 0.112 e. The van der Waals surface area contributed by atoms with Gasteiger partial charge >= 0.3 is 0 Å². The van der Waals surface area contributed by atoms with Gasteiger partial charge in [0.2, 0.25) is 0 Å². The van der Waals surface area contributed by atoms with Gasteiger partial charge < -0.3 is 20.1 Å². The summed E-state index contributed by atoms with van der Waals surface area (Å²) in [5.41, 5.74) is 0.975. The van der Waals surface area contributed by atoms with Crippen LogP contribution < -0.4 is 0 Å². The van der Waals surface area contributed by atoms with Crippen molar-refractivity contribution in [2.45, 2.75) is 37.4 Å². The summed E-state index contributed by atoms with van der Waals surface area (Å²) < 4.78 is 5.42. The Labute approximate surface area is 94.1 Å². The predicted molar refractivity (Wildman–Crippen MR) is 57.7 cm³/mol. The van der Waals surface area contributed by atoms with Crippen molar-refractivity contribution in [1.82, 2.24) is 0 Å². The number of aliphatic hydroxyl groups is 3. The van der Waals surface area contributed by atoms with Gasteiger partial charge in [-0.2, -0.15) is 0 Å². The van der Waals surface area contributed by atoms with Gasteiger partial charge in [-0.25, -0.2) is 0 Å². The number of ether oxygens (including phenoxy) is 1. The van der Waals surface area contributed by atoms with Gasteiger partial charge in [0, 0.05) is 6.42 Å². The van der Waals surface area contributed by atoms with Gasteiger partial charge in [-0.15, -0.1) is 0 Å². The highest BCUT2D eigenvalue weighted by molar-refractivity contribution is 5.13. The molecular formula is C12H16O4. The molecule has 1 fully saturated rings. The van der Waals surface area contributed by atoms with E-state index >= 15 is 0 Å². The molecule has 0 bridgehead atoms. The van der Waals surface area contributed by atoms with Crippen molar-refractivity contribution in [3.05, 3.63) is 35.9 Å². The van der Waals surface area contributed by atoms with E-state index in [1.54, 1.807) is 0 Å². The van der Waals surface area contributed by atoms with E-state index < -0.39 is 24.4 Å². The third-order valence-corrected chi connectivity index (χ3v) is 2.88. The molecule has 0 unspecified atom stereocenters. The van der Waals surface area contributed by atoms with Crippen LogP contribution in [0.4, 0.5) is 0 Å². The fourth-order valence-corrected chi connectivity index (χ4v) is 1.94. The molecule has 1 saturated carbocycles. The Morgan fingerprint density at radius 2 is 1.75 bits per heavy atom. The minimum Gasteiger partial charge on any atom is -0.390 e. The molecular weight excluding hydrogens is 208 g/mol. The zero-order chi connectivity index (χ0) is 11.5. The summed E-state index contributed by atoms with van der Waals surface area (Å²) in [5.74, 6) is 0. The molecule has 1 aromatic carbocycles. The van der Waals surface area contributed by atoms with Crippen LogP contribution in [-0.4, -0.2) is 39.7 Å². The van der Waals surface area contributed by atoms with E-state index in [0.717, 1.165) is 5.56 Å². The minimum atomic E-state index is -1.00. The first kappa shape index (κ1) is 11.5. The SMILES string of the molecule is O[C@@H]1[C@H](OCc2ccccc2)[C@H](O)C[C@H]1O. The van der Waals surface area contributed by atoms with Crippen molar-refractivity contribution in [3.63, 3.8) is 0 Å². The molecule has 0 saturated heterocycles. The second-order valence-electron chi connectivity index (χ2n) is 4.12. The lowest BCUT2D eigenvalue weighted by atomic mass is 10.2. The molecule has 4 nitrogen and oxygen atoms in total. The van der Waals surface area contributed by atoms with Crippen LogP contribution in [0, 0.1) is 0 Å². The number of hydrogen-bond acceptors (Lipinski definition) is 4. The largest absolute Gasteiger partial charge is 0.390 e. The van der Waals surface area contributed by atoms with Crippen molar-refractivity contribution < 1.29 is 20.1 Å². The lowest BCUT2D eigenvalue weighted by Crippen LogP contribution is -2.35. The molecule has 0 spiro atoms. The fraction of sp³-hybridized carbons (Fsp3) is 0.500. The summed E-state index contributed by atoms with van der Waals surface area (Å²) in [5, 5.41) is 28.5. The van der Waals surface area contributed by atoms with Gasteiger partial charge in [0.15, 0.2) is 0 Å². The summed E-state index contributed by atoms with van der Waals surface area (Å²) in [6.07, 6.45) is -3.22. The Bertz CT molecular complexity index is 327. The Morgan fingerprint density at radius 3 is 2.31 bits per heavy atom. The van der Waals surface area contributed by atoms with Crippen molar-refractivity contribution >= 4 is 0 Å². The zero-order valence-corrected chi connectivity index (χ0v) is 8.86. The first-order valence-corrected chi connectivity index (χ1v) is 5.38. The summed E-state index contributed by atoms with van der Waals surface area (Å²) in [4.78, 5) is 0. The highest BCUT2D eigenvalue weighted by Crippen LogP contribution is 2.24. The van der Waals surface area contributed by atoms with E-state index in [0.29, 0.717) is 6.61 Å². The van der Waals surface area contributed by atoms with Gasteiger partial charge in [0.25, 0.3) is 0 Å². The van der Waals surface area contributed by atoms with Crippen molar-refractivity contribution in [2.24, 2.45) is 0 Å². The van der Waals surface area contributed by atoms with Crippen LogP contribution in [0.1, 0.15) is 12.0 Å². The van der Waals surface area contributed by atoms with Gasteiger partial charge in [0.05, 0.1) is 18.8 Å². The molecule has 88 valence electrons. The van der Waals surface area contributed by atoms with Crippen LogP contribution in [-0.2, 0) is 11.3 Å². The summed E-state index contributed by atoms with van der Waals surface area (Å²) in [6, 6.07) is 9.52. The topological polar surface area (TPSA) is 69.9 Å². The Kier molecular flexibility index (Phi) is 3.56. The number of rotatable bonds is 3. The number of benzene rings is 1. The zero-order valence-electron chi connectivity index (χ0n) is 8.86. The third-order valence-electron chi connectivity index (χ3n) is 2.88. The third kappa shape index (κ3) is 2.41. The predicted octanol–water partition coefficient (Wildman–Crippen LogP) is 0.0582. The van der Waals surface area contributed by atoms with Crippen LogP contribution in [0.25, 0.3) is 0 Å². The molecule has 1 aliphatic carbocycles. The Morgan fingerprint density at radius 1 is 1.06 bits per heavy atom. The molecule has 0 heterocycles. The Hall–Kier alpha value is -0.940. The molecule has 2 rings (SSSR count). The normalized spacial score (nSPS) is 34.2. The van der Waals surface area contributed by atoms with Gasteiger partial charge in [-0.05, 0) is 5.56 Å². The second kappa shape index (κ2) is 4.93. The number of aliphatic hydroxyl groups excluding tert-OH is 3. The van der Waals surface area contributed by atoms with Crippen molar-refractivity contribution in [1.29, 1.82) is 0 Å². The average molecular weight is 224 g/mol. The summed E-state index contributed by atoms with van der Waals surface area (Å²) in [6.45, 7) is 0.326. The molecule has 4 atom stereocenters. The minimum absolute atomic E-state index is 0.167. The fourth-order valence-electron chi connectivity index (χ4n) is 1.94. The van der Waals surface area contributed by atoms with E-state index in [-0.39, 0.29) is 6.42 Å². The van der Waals surface area contributed by atoms with Gasteiger partial charge in [0.1, 0.15) is 12.2 Å². The van der Waals surface area contributed by atoms with Crippen LogP contribution >= 0.6 is 0 Å². The lowest BCUT2D eigenvalue weighted by Gasteiger charge is -2.19. The monoisotopic (exact) mass is 224 g/mol. The van der Waals surface area contributed by atoms with Crippen LogP contribution in [0.15, 0.2) is 30.3 Å². The molecule has 0 aliphatic heterocycles. The van der Waals surface area contributed by atoms with Crippen LogP contribution in [0.3, 0.4) is 0 Å². The van der Waals surface area contributed by atoms with Crippen molar-refractivity contribution in [3.8, 4) is 0 Å². The molecule has 3 N–H and O–H groups in total. The summed E-state index contributed by atoms with van der Waals surface area (Å²) >= 11 is 0. The van der Waals surface area contributed by atoms with Crippen LogP contribution in [0.2, 0.25) is 0 Å². The van der Waals surface area contributed by atoms with Gasteiger partial charge in [-0.1, -0.05) is 30.3 Å². The summed E-state index contributed by atoms with van der Waals surface area (Å²) in [7, 11) is 0. The van der Waals surface area contributed by atoms with Gasteiger partial charge in [-0.3, -0.25) is 0 Å². The highest BCUT2D eigenvalue weighted by Gasteiger charge is 2.41. The first-order chi connectivity index (χ1) is 7.68. The molecule has 0 aromatic heterocycles. The quantitative estimate of drug-likeness (QED) is 0.679. The number of hydrogen-bond donors (Lipinski definition) is 3. The second-order valence-corrected chi connectivity index (χ2v) is 4.12. The first-order valence-electron chi connectivity index (χ1n) is 5.38. The molecule has 16 heavy (non-hydrogen) atoms. The standard InChI is InChI=1S/C12H16O4/c13-9-6-10(14)12(11(9)15)16-7-8-4-2-1-3-5-8/h1-5,9-15H,6-7H2/t9-,10-,11+,12-/m1/s1.